The van der Waals surface area contributed by atoms with Crippen LogP contribution in [-0.4, -0.2) is 69.6 Å². The van der Waals surface area contributed by atoms with E-state index in [2.05, 4.69) is 4.72 Å². The van der Waals surface area contributed by atoms with Crippen molar-refractivity contribution >= 4 is 21.6 Å². The van der Waals surface area contributed by atoms with E-state index in [1.807, 2.05) is 6.92 Å². The number of halogens is 3. The zero-order chi connectivity index (χ0) is 24.1. The van der Waals surface area contributed by atoms with Gasteiger partial charge < -0.3 is 9.64 Å². The van der Waals surface area contributed by atoms with Gasteiger partial charge in [-0.2, -0.15) is 13.2 Å². The summed E-state index contributed by atoms with van der Waals surface area (Å²) in [7, 11) is -3.82. The molecule has 1 N–H and O–H groups in total. The summed E-state index contributed by atoms with van der Waals surface area (Å²) >= 11 is 0. The van der Waals surface area contributed by atoms with Crippen molar-refractivity contribution in [1.29, 1.82) is 0 Å². The van der Waals surface area contributed by atoms with Gasteiger partial charge in [-0.1, -0.05) is 0 Å². The summed E-state index contributed by atoms with van der Waals surface area (Å²) in [5.74, 6) is 0.263. The van der Waals surface area contributed by atoms with Crippen LogP contribution in [0, 0.1) is 0 Å². The maximum atomic E-state index is 12.8. The van der Waals surface area contributed by atoms with Gasteiger partial charge in [0.25, 0.3) is 15.9 Å². The summed E-state index contributed by atoms with van der Waals surface area (Å²) < 4.78 is 70.8. The summed E-state index contributed by atoms with van der Waals surface area (Å²) in [6.45, 7) is 2.29. The van der Waals surface area contributed by atoms with Crippen molar-refractivity contribution in [2.75, 3.05) is 44.1 Å². The molecule has 0 saturated carbocycles. The number of sulfonamides is 1. The van der Waals surface area contributed by atoms with Gasteiger partial charge in [0.1, 0.15) is 5.75 Å². The van der Waals surface area contributed by atoms with Gasteiger partial charge in [0.2, 0.25) is 0 Å². The van der Waals surface area contributed by atoms with E-state index in [1.54, 1.807) is 12.1 Å². The Balaban J connectivity index is 1.62. The molecule has 0 spiro atoms. The van der Waals surface area contributed by atoms with Crippen LogP contribution in [0.25, 0.3) is 0 Å². The molecule has 1 aliphatic rings. The SMILES string of the molecule is CCOc1ccc(S(=O)(=O)Nc2ccc(C(=O)N3CCCN(CC(F)(F)F)CC3)cc2)cc1. The second kappa shape index (κ2) is 10.4. The second-order valence-electron chi connectivity index (χ2n) is 7.62. The topological polar surface area (TPSA) is 78.9 Å². The molecule has 33 heavy (non-hydrogen) atoms. The molecule has 1 amide bonds. The van der Waals surface area contributed by atoms with Crippen LogP contribution in [0.4, 0.5) is 18.9 Å². The van der Waals surface area contributed by atoms with E-state index in [-0.39, 0.29) is 36.1 Å². The predicted octanol–water partition coefficient (Wildman–Crippen LogP) is 3.60. The van der Waals surface area contributed by atoms with E-state index >= 15 is 0 Å². The molecular formula is C22H26F3N3O4S. The largest absolute Gasteiger partial charge is 0.494 e. The van der Waals surface area contributed by atoms with Crippen LogP contribution in [0.1, 0.15) is 23.7 Å². The lowest BCUT2D eigenvalue weighted by atomic mass is 10.2. The summed E-state index contributed by atoms with van der Waals surface area (Å²) in [6.07, 6.45) is -3.82. The van der Waals surface area contributed by atoms with Crippen molar-refractivity contribution in [3.05, 3.63) is 54.1 Å². The Bertz CT molecular complexity index is 1040. The molecule has 1 fully saturated rings. The van der Waals surface area contributed by atoms with Crippen LogP contribution in [-0.2, 0) is 10.0 Å². The van der Waals surface area contributed by atoms with Crippen molar-refractivity contribution in [3.63, 3.8) is 0 Å². The molecule has 0 unspecified atom stereocenters. The Morgan fingerprint density at radius 2 is 1.67 bits per heavy atom. The monoisotopic (exact) mass is 485 g/mol. The molecule has 1 heterocycles. The standard InChI is InChI=1S/C22H26F3N3O4S/c1-2-32-19-8-10-20(11-9-19)33(30,31)26-18-6-4-17(5-7-18)21(29)28-13-3-12-27(14-15-28)16-22(23,24)25/h4-11,26H,2-3,12-16H2,1H3. The fraction of sp³-hybridized carbons (Fsp3) is 0.409. The lowest BCUT2D eigenvalue weighted by Gasteiger charge is -2.23. The molecule has 2 aromatic carbocycles. The number of hydrogen-bond acceptors (Lipinski definition) is 5. The highest BCUT2D eigenvalue weighted by molar-refractivity contribution is 7.92. The predicted molar refractivity (Wildman–Crippen MR) is 118 cm³/mol. The highest BCUT2D eigenvalue weighted by Crippen LogP contribution is 2.21. The molecule has 11 heteroatoms. The number of carbonyl (C=O) groups excluding carboxylic acids is 1. The average molecular weight is 486 g/mol. The summed E-state index contributed by atoms with van der Waals surface area (Å²) in [4.78, 5) is 15.7. The number of nitrogens with zero attached hydrogens (tertiary/aromatic N) is 2. The van der Waals surface area contributed by atoms with E-state index in [0.29, 0.717) is 30.9 Å². The fourth-order valence-electron chi connectivity index (χ4n) is 3.54. The highest BCUT2D eigenvalue weighted by Gasteiger charge is 2.32. The van der Waals surface area contributed by atoms with Crippen molar-refractivity contribution in [3.8, 4) is 5.75 Å². The normalized spacial score (nSPS) is 15.7. The van der Waals surface area contributed by atoms with Gasteiger partial charge in [0.15, 0.2) is 0 Å². The molecule has 0 bridgehead atoms. The summed E-state index contributed by atoms with van der Waals surface area (Å²) in [6, 6.07) is 12.0. The van der Waals surface area contributed by atoms with E-state index in [4.69, 9.17) is 4.74 Å². The number of ether oxygens (including phenoxy) is 1. The lowest BCUT2D eigenvalue weighted by Crippen LogP contribution is -2.38. The first-order valence-corrected chi connectivity index (χ1v) is 12.0. The first kappa shape index (κ1) is 24.8. The third-order valence-corrected chi connectivity index (χ3v) is 6.50. The van der Waals surface area contributed by atoms with Crippen LogP contribution in [0.5, 0.6) is 5.75 Å². The molecule has 1 saturated heterocycles. The quantitative estimate of drug-likeness (QED) is 0.649. The van der Waals surface area contributed by atoms with Gasteiger partial charge in [-0.3, -0.25) is 14.4 Å². The minimum absolute atomic E-state index is 0.0686. The smallest absolute Gasteiger partial charge is 0.401 e. The third kappa shape index (κ3) is 7.10. The van der Waals surface area contributed by atoms with Gasteiger partial charge in [-0.15, -0.1) is 0 Å². The minimum atomic E-state index is -4.27. The maximum Gasteiger partial charge on any atom is 0.401 e. The summed E-state index contributed by atoms with van der Waals surface area (Å²) in [5.41, 5.74) is 0.621. The van der Waals surface area contributed by atoms with E-state index in [1.165, 1.54) is 46.2 Å². The first-order valence-electron chi connectivity index (χ1n) is 10.5. The van der Waals surface area contributed by atoms with Crippen molar-refractivity contribution in [2.24, 2.45) is 0 Å². The molecule has 0 atom stereocenters. The number of hydrogen-bond donors (Lipinski definition) is 1. The fourth-order valence-corrected chi connectivity index (χ4v) is 4.60. The van der Waals surface area contributed by atoms with Crippen LogP contribution >= 0.6 is 0 Å². The minimum Gasteiger partial charge on any atom is -0.494 e. The molecule has 2 aromatic rings. The number of carbonyl (C=O) groups is 1. The van der Waals surface area contributed by atoms with Crippen molar-refractivity contribution < 1.29 is 31.1 Å². The van der Waals surface area contributed by atoms with Crippen LogP contribution in [0.2, 0.25) is 0 Å². The molecule has 0 aromatic heterocycles. The number of amides is 1. The number of rotatable bonds is 7. The Morgan fingerprint density at radius 3 is 2.27 bits per heavy atom. The number of nitrogens with one attached hydrogen (secondary N) is 1. The van der Waals surface area contributed by atoms with E-state index in [0.717, 1.165) is 0 Å². The molecule has 3 rings (SSSR count). The molecular weight excluding hydrogens is 459 g/mol. The van der Waals surface area contributed by atoms with Crippen molar-refractivity contribution in [2.45, 2.75) is 24.4 Å². The van der Waals surface area contributed by atoms with Gasteiger partial charge >= 0.3 is 6.18 Å². The molecule has 180 valence electrons. The Kier molecular flexibility index (Phi) is 7.85. The summed E-state index contributed by atoms with van der Waals surface area (Å²) in [5, 5.41) is 0. The molecule has 0 aliphatic carbocycles. The first-order chi connectivity index (χ1) is 15.6. The lowest BCUT2D eigenvalue weighted by molar-refractivity contribution is -0.145. The van der Waals surface area contributed by atoms with Crippen LogP contribution < -0.4 is 9.46 Å². The van der Waals surface area contributed by atoms with Gasteiger partial charge in [-0.05, 0) is 61.9 Å². The number of anilines is 1. The zero-order valence-electron chi connectivity index (χ0n) is 18.1. The van der Waals surface area contributed by atoms with Crippen LogP contribution in [0.3, 0.4) is 0 Å². The average Bonchev–Trinajstić information content (AvgIpc) is 2.98. The molecule has 7 nitrogen and oxygen atoms in total. The molecule has 0 radical (unpaired) electrons. The van der Waals surface area contributed by atoms with Gasteiger partial charge in [-0.25, -0.2) is 8.42 Å². The highest BCUT2D eigenvalue weighted by atomic mass is 32.2. The van der Waals surface area contributed by atoms with E-state index < -0.39 is 22.7 Å². The Hall–Kier alpha value is -2.79. The Labute approximate surface area is 191 Å². The number of benzene rings is 2. The van der Waals surface area contributed by atoms with Gasteiger partial charge in [0, 0.05) is 37.4 Å². The van der Waals surface area contributed by atoms with Crippen molar-refractivity contribution in [1.82, 2.24) is 9.80 Å². The number of alkyl halides is 3. The van der Waals surface area contributed by atoms with E-state index in [9.17, 15) is 26.4 Å². The second-order valence-corrected chi connectivity index (χ2v) is 9.31. The zero-order valence-corrected chi connectivity index (χ0v) is 19.0. The van der Waals surface area contributed by atoms with Crippen LogP contribution in [0.15, 0.2) is 53.4 Å². The molecule has 1 aliphatic heterocycles. The van der Waals surface area contributed by atoms with Gasteiger partial charge in [0.05, 0.1) is 18.0 Å². The maximum absolute atomic E-state index is 12.8. The third-order valence-electron chi connectivity index (χ3n) is 5.11. The Morgan fingerprint density at radius 1 is 1.00 bits per heavy atom.